The Morgan fingerprint density at radius 3 is 2.74 bits per heavy atom. The third-order valence-electron chi connectivity index (χ3n) is 4.14. The Bertz CT molecular complexity index is 1060. The van der Waals surface area contributed by atoms with Crippen molar-refractivity contribution in [1.29, 1.82) is 0 Å². The summed E-state index contributed by atoms with van der Waals surface area (Å²) >= 11 is 0. The zero-order valence-electron chi connectivity index (χ0n) is 15.1. The van der Waals surface area contributed by atoms with Crippen LogP contribution in [-0.4, -0.2) is 33.8 Å². The van der Waals surface area contributed by atoms with Gasteiger partial charge in [0.25, 0.3) is 5.89 Å². The maximum atomic E-state index is 5.48. The lowest BCUT2D eigenvalue weighted by atomic mass is 10.1. The van der Waals surface area contributed by atoms with Gasteiger partial charge < -0.3 is 14.6 Å². The standard InChI is InChI=1S/C20H19N5O2/c1-13-8-9-15-18(23-14-6-4-3-5-7-14)16(12-21-19(15)22-13)20-24-17(25-27-20)10-11-26-2/h3-9,12H,10-11H2,1-2H3,(H,21,22,23). The number of hydrogen-bond donors (Lipinski definition) is 1. The highest BCUT2D eigenvalue weighted by atomic mass is 16.5. The van der Waals surface area contributed by atoms with E-state index in [1.165, 1.54) is 0 Å². The van der Waals surface area contributed by atoms with Crippen LogP contribution in [0.15, 0.2) is 53.2 Å². The predicted octanol–water partition coefficient (Wildman–Crippen LogP) is 3.92. The minimum absolute atomic E-state index is 0.412. The van der Waals surface area contributed by atoms with Gasteiger partial charge in [0.2, 0.25) is 0 Å². The van der Waals surface area contributed by atoms with Crippen molar-refractivity contribution < 1.29 is 9.26 Å². The molecule has 7 heteroatoms. The number of methoxy groups -OCH3 is 1. The van der Waals surface area contributed by atoms with Crippen LogP contribution in [0.25, 0.3) is 22.5 Å². The van der Waals surface area contributed by atoms with Crippen LogP contribution in [0.3, 0.4) is 0 Å². The molecule has 27 heavy (non-hydrogen) atoms. The van der Waals surface area contributed by atoms with Gasteiger partial charge in [0, 0.05) is 36.5 Å². The van der Waals surface area contributed by atoms with Crippen molar-refractivity contribution in [3.05, 3.63) is 60.2 Å². The average molecular weight is 361 g/mol. The molecule has 0 unspecified atom stereocenters. The van der Waals surface area contributed by atoms with Crippen LogP contribution in [0.1, 0.15) is 11.5 Å². The van der Waals surface area contributed by atoms with Crippen LogP contribution in [0.5, 0.6) is 0 Å². The van der Waals surface area contributed by atoms with Crippen molar-refractivity contribution in [2.24, 2.45) is 0 Å². The molecule has 0 atom stereocenters. The maximum absolute atomic E-state index is 5.48. The van der Waals surface area contributed by atoms with Crippen LogP contribution >= 0.6 is 0 Å². The molecule has 0 fully saturated rings. The number of aryl methyl sites for hydroxylation is 1. The summed E-state index contributed by atoms with van der Waals surface area (Å²) in [4.78, 5) is 13.5. The molecule has 0 bridgehead atoms. The quantitative estimate of drug-likeness (QED) is 0.557. The molecule has 4 rings (SSSR count). The lowest BCUT2D eigenvalue weighted by molar-refractivity contribution is 0.199. The van der Waals surface area contributed by atoms with Crippen molar-refractivity contribution >= 4 is 22.4 Å². The summed E-state index contributed by atoms with van der Waals surface area (Å²) in [5.74, 6) is 1.01. The molecule has 0 aliphatic rings. The number of ether oxygens (including phenoxy) is 1. The third-order valence-corrected chi connectivity index (χ3v) is 4.14. The second kappa shape index (κ2) is 7.51. The fourth-order valence-electron chi connectivity index (χ4n) is 2.79. The maximum Gasteiger partial charge on any atom is 0.261 e. The molecule has 3 heterocycles. The van der Waals surface area contributed by atoms with Crippen LogP contribution in [0.2, 0.25) is 0 Å². The first kappa shape index (κ1) is 17.1. The van der Waals surface area contributed by atoms with Crippen LogP contribution in [0, 0.1) is 6.92 Å². The smallest absolute Gasteiger partial charge is 0.261 e. The van der Waals surface area contributed by atoms with Crippen molar-refractivity contribution in [1.82, 2.24) is 20.1 Å². The summed E-state index contributed by atoms with van der Waals surface area (Å²) in [6, 6.07) is 13.9. The largest absolute Gasteiger partial charge is 0.384 e. The Hall–Kier alpha value is -3.32. The molecule has 0 spiro atoms. The molecule has 0 aliphatic carbocycles. The fraction of sp³-hybridized carbons (Fsp3) is 0.200. The van der Waals surface area contributed by atoms with Gasteiger partial charge in [-0.15, -0.1) is 0 Å². The highest BCUT2D eigenvalue weighted by Crippen LogP contribution is 2.34. The van der Waals surface area contributed by atoms with E-state index in [4.69, 9.17) is 9.26 Å². The topological polar surface area (TPSA) is 86.0 Å². The summed E-state index contributed by atoms with van der Waals surface area (Å²) in [6.45, 7) is 2.48. The Morgan fingerprint density at radius 2 is 1.93 bits per heavy atom. The van der Waals surface area contributed by atoms with Gasteiger partial charge in [-0.1, -0.05) is 23.4 Å². The van der Waals surface area contributed by atoms with Crippen LogP contribution in [-0.2, 0) is 11.2 Å². The van der Waals surface area contributed by atoms with E-state index in [-0.39, 0.29) is 0 Å². The first-order valence-electron chi connectivity index (χ1n) is 8.65. The first-order valence-corrected chi connectivity index (χ1v) is 8.65. The lowest BCUT2D eigenvalue weighted by Crippen LogP contribution is -1.99. The molecule has 7 nitrogen and oxygen atoms in total. The van der Waals surface area contributed by atoms with E-state index in [2.05, 4.69) is 25.4 Å². The minimum atomic E-state index is 0.412. The van der Waals surface area contributed by atoms with E-state index in [1.807, 2.05) is 49.4 Å². The number of pyridine rings is 2. The molecule has 0 saturated heterocycles. The number of benzene rings is 1. The molecule has 0 aliphatic heterocycles. The molecule has 1 aromatic carbocycles. The SMILES string of the molecule is COCCc1noc(-c2cnc3nc(C)ccc3c2Nc2ccccc2)n1. The normalized spacial score (nSPS) is 11.0. The number of hydrogen-bond acceptors (Lipinski definition) is 7. The number of fused-ring (bicyclic) bond motifs is 1. The molecule has 1 N–H and O–H groups in total. The highest BCUT2D eigenvalue weighted by Gasteiger charge is 2.17. The molecule has 0 amide bonds. The Kier molecular flexibility index (Phi) is 4.76. The molecule has 4 aromatic rings. The van der Waals surface area contributed by atoms with E-state index in [0.29, 0.717) is 30.4 Å². The summed E-state index contributed by atoms with van der Waals surface area (Å²) in [7, 11) is 1.64. The summed E-state index contributed by atoms with van der Waals surface area (Å²) in [6.07, 6.45) is 2.30. The van der Waals surface area contributed by atoms with Crippen molar-refractivity contribution in [2.45, 2.75) is 13.3 Å². The Labute approximate surface area is 156 Å². The van der Waals surface area contributed by atoms with Gasteiger partial charge in [0.15, 0.2) is 11.5 Å². The van der Waals surface area contributed by atoms with Gasteiger partial charge in [-0.3, -0.25) is 0 Å². The second-order valence-corrected chi connectivity index (χ2v) is 6.12. The lowest BCUT2D eigenvalue weighted by Gasteiger charge is -2.12. The molecule has 0 saturated carbocycles. The predicted molar refractivity (Wildman–Crippen MR) is 103 cm³/mol. The van der Waals surface area contributed by atoms with Gasteiger partial charge >= 0.3 is 0 Å². The number of aromatic nitrogens is 4. The van der Waals surface area contributed by atoms with Crippen molar-refractivity contribution in [3.8, 4) is 11.5 Å². The number of rotatable bonds is 6. The first-order chi connectivity index (χ1) is 13.2. The number of anilines is 2. The number of para-hydroxylation sites is 1. The monoisotopic (exact) mass is 361 g/mol. The van der Waals surface area contributed by atoms with Crippen LogP contribution in [0.4, 0.5) is 11.4 Å². The van der Waals surface area contributed by atoms with Gasteiger partial charge in [-0.05, 0) is 31.2 Å². The van der Waals surface area contributed by atoms with Gasteiger partial charge in [0.1, 0.15) is 0 Å². The molecule has 0 radical (unpaired) electrons. The fourth-order valence-corrected chi connectivity index (χ4v) is 2.79. The summed E-state index contributed by atoms with van der Waals surface area (Å²) in [5.41, 5.74) is 4.09. The zero-order chi connectivity index (χ0) is 18.6. The van der Waals surface area contributed by atoms with Gasteiger partial charge in [-0.2, -0.15) is 4.98 Å². The molecular weight excluding hydrogens is 342 g/mol. The van der Waals surface area contributed by atoms with E-state index in [9.17, 15) is 0 Å². The third kappa shape index (κ3) is 3.63. The number of nitrogens with one attached hydrogen (secondary N) is 1. The Morgan fingerprint density at radius 1 is 1.07 bits per heavy atom. The van der Waals surface area contributed by atoms with Gasteiger partial charge in [-0.25, -0.2) is 9.97 Å². The van der Waals surface area contributed by atoms with Gasteiger partial charge in [0.05, 0.1) is 17.9 Å². The number of nitrogens with zero attached hydrogens (tertiary/aromatic N) is 4. The Balaban J connectivity index is 1.82. The zero-order valence-corrected chi connectivity index (χ0v) is 15.1. The van der Waals surface area contributed by atoms with E-state index in [1.54, 1.807) is 13.3 Å². The molecule has 3 aromatic heterocycles. The molecular formula is C20H19N5O2. The minimum Gasteiger partial charge on any atom is -0.384 e. The second-order valence-electron chi connectivity index (χ2n) is 6.12. The summed E-state index contributed by atoms with van der Waals surface area (Å²) < 4.78 is 10.6. The van der Waals surface area contributed by atoms with E-state index >= 15 is 0 Å². The highest BCUT2D eigenvalue weighted by molar-refractivity contribution is 5.98. The van der Waals surface area contributed by atoms with Crippen molar-refractivity contribution in [2.75, 3.05) is 19.0 Å². The summed E-state index contributed by atoms with van der Waals surface area (Å²) in [5, 5.41) is 8.38. The van der Waals surface area contributed by atoms with Crippen molar-refractivity contribution in [3.63, 3.8) is 0 Å². The average Bonchev–Trinajstić information content (AvgIpc) is 3.16. The van der Waals surface area contributed by atoms with Crippen LogP contribution < -0.4 is 5.32 Å². The van der Waals surface area contributed by atoms with E-state index in [0.717, 1.165) is 28.0 Å². The molecule has 136 valence electrons. The van der Waals surface area contributed by atoms with E-state index < -0.39 is 0 Å².